The number of carboxylic acids is 2. The Bertz CT molecular complexity index is 903. The molecular formula is C23H24N2O8. The molecule has 0 aromatic heterocycles. The van der Waals surface area contributed by atoms with Crippen molar-refractivity contribution in [3.63, 3.8) is 0 Å². The van der Waals surface area contributed by atoms with Gasteiger partial charge in [0.25, 0.3) is 0 Å². The molecule has 0 saturated heterocycles. The predicted molar refractivity (Wildman–Crippen MR) is 115 cm³/mol. The first-order valence-corrected chi connectivity index (χ1v) is 9.81. The Kier molecular flexibility index (Phi) is 11.3. The van der Waals surface area contributed by atoms with Crippen LogP contribution in [0.1, 0.15) is 40.5 Å². The van der Waals surface area contributed by atoms with E-state index in [0.29, 0.717) is 6.42 Å². The third-order valence-corrected chi connectivity index (χ3v) is 4.13. The first kappa shape index (κ1) is 26.8. The minimum Gasteiger partial charge on any atom is -0.478 e. The van der Waals surface area contributed by atoms with Gasteiger partial charge in [-0.2, -0.15) is 5.26 Å². The number of hydrogen-bond donors (Lipinski definition) is 3. The first-order valence-electron chi connectivity index (χ1n) is 9.81. The lowest BCUT2D eigenvalue weighted by Crippen LogP contribution is -2.45. The van der Waals surface area contributed by atoms with Gasteiger partial charge in [-0.1, -0.05) is 43.3 Å². The molecule has 2 aromatic rings. The second-order valence-corrected chi connectivity index (χ2v) is 6.59. The molecule has 0 fully saturated rings. The van der Waals surface area contributed by atoms with Gasteiger partial charge in [0.1, 0.15) is 0 Å². The highest BCUT2D eigenvalue weighted by molar-refractivity contribution is 5.95. The molecule has 0 radical (unpaired) electrons. The van der Waals surface area contributed by atoms with Gasteiger partial charge in [-0.05, 0) is 30.7 Å². The van der Waals surface area contributed by atoms with Crippen LogP contribution in [0.5, 0.6) is 0 Å². The van der Waals surface area contributed by atoms with Crippen molar-refractivity contribution < 1.29 is 38.9 Å². The van der Waals surface area contributed by atoms with Crippen molar-refractivity contribution in [1.82, 2.24) is 0 Å². The monoisotopic (exact) mass is 456 g/mol. The number of carbonyl (C=O) groups is 4. The summed E-state index contributed by atoms with van der Waals surface area (Å²) in [6, 6.07) is 16.9. The molecule has 0 aliphatic rings. The minimum absolute atomic E-state index is 0.0253. The van der Waals surface area contributed by atoms with E-state index in [-0.39, 0.29) is 17.2 Å². The van der Waals surface area contributed by atoms with Crippen LogP contribution in [0.3, 0.4) is 0 Å². The Balaban J connectivity index is 0.000000675. The lowest BCUT2D eigenvalue weighted by atomic mass is 10.1. The van der Waals surface area contributed by atoms with Gasteiger partial charge in [-0.25, -0.2) is 19.2 Å². The third-order valence-electron chi connectivity index (χ3n) is 4.13. The van der Waals surface area contributed by atoms with Crippen LogP contribution >= 0.6 is 0 Å². The fourth-order valence-corrected chi connectivity index (χ4v) is 2.26. The molecule has 0 bridgehead atoms. The SMILES string of the molecule is CC[C@H](N)CC#N.O=C(OC(C(=O)O)C(OC(=O)c1ccccc1)C(=O)O)c1ccccc1. The van der Waals surface area contributed by atoms with E-state index < -0.39 is 36.1 Å². The summed E-state index contributed by atoms with van der Waals surface area (Å²) in [7, 11) is 0. The van der Waals surface area contributed by atoms with E-state index in [1.54, 1.807) is 12.1 Å². The lowest BCUT2D eigenvalue weighted by molar-refractivity contribution is -0.166. The molecule has 0 amide bonds. The van der Waals surface area contributed by atoms with Crippen LogP contribution < -0.4 is 5.73 Å². The maximum atomic E-state index is 12.0. The molecule has 0 saturated carbocycles. The van der Waals surface area contributed by atoms with Gasteiger partial charge < -0.3 is 25.4 Å². The number of aliphatic carboxylic acids is 2. The second kappa shape index (κ2) is 14.0. The summed E-state index contributed by atoms with van der Waals surface area (Å²) in [5.41, 5.74) is 5.41. The molecule has 2 aromatic carbocycles. The van der Waals surface area contributed by atoms with Crippen molar-refractivity contribution in [3.8, 4) is 6.07 Å². The number of nitrogens with zero attached hydrogens (tertiary/aromatic N) is 1. The van der Waals surface area contributed by atoms with E-state index >= 15 is 0 Å². The maximum Gasteiger partial charge on any atom is 0.349 e. The highest BCUT2D eigenvalue weighted by atomic mass is 16.6. The molecule has 3 atom stereocenters. The van der Waals surface area contributed by atoms with Gasteiger partial charge in [-0.3, -0.25) is 0 Å². The molecule has 4 N–H and O–H groups in total. The van der Waals surface area contributed by atoms with Crippen molar-refractivity contribution in [2.75, 3.05) is 0 Å². The van der Waals surface area contributed by atoms with E-state index in [2.05, 4.69) is 0 Å². The van der Waals surface area contributed by atoms with Gasteiger partial charge in [0.15, 0.2) is 0 Å². The zero-order valence-corrected chi connectivity index (χ0v) is 17.8. The number of benzene rings is 2. The number of nitrogens with two attached hydrogens (primary N) is 1. The summed E-state index contributed by atoms with van der Waals surface area (Å²) in [4.78, 5) is 46.8. The van der Waals surface area contributed by atoms with E-state index in [9.17, 15) is 29.4 Å². The van der Waals surface area contributed by atoms with Gasteiger partial charge >= 0.3 is 23.9 Å². The zero-order chi connectivity index (χ0) is 24.8. The van der Waals surface area contributed by atoms with Crippen molar-refractivity contribution in [3.05, 3.63) is 71.8 Å². The molecule has 174 valence electrons. The number of carboxylic acid groups (broad SMARTS) is 2. The lowest BCUT2D eigenvalue weighted by Gasteiger charge is -2.21. The first-order chi connectivity index (χ1) is 15.7. The molecule has 0 heterocycles. The molecule has 0 aliphatic carbocycles. The van der Waals surface area contributed by atoms with E-state index in [1.165, 1.54) is 48.5 Å². The average molecular weight is 456 g/mol. The van der Waals surface area contributed by atoms with Crippen LogP contribution in [-0.4, -0.2) is 52.3 Å². The molecule has 2 unspecified atom stereocenters. The van der Waals surface area contributed by atoms with Gasteiger partial charge in [0.2, 0.25) is 12.2 Å². The summed E-state index contributed by atoms with van der Waals surface area (Å²) >= 11 is 0. The maximum absolute atomic E-state index is 12.0. The van der Waals surface area contributed by atoms with Gasteiger partial charge in [0.05, 0.1) is 23.6 Å². The largest absolute Gasteiger partial charge is 0.478 e. The van der Waals surface area contributed by atoms with Crippen molar-refractivity contribution in [1.29, 1.82) is 5.26 Å². The van der Waals surface area contributed by atoms with E-state index in [1.807, 2.05) is 13.0 Å². The summed E-state index contributed by atoms with van der Waals surface area (Å²) in [5, 5.41) is 26.5. The number of nitriles is 1. The van der Waals surface area contributed by atoms with E-state index in [4.69, 9.17) is 20.5 Å². The molecular weight excluding hydrogens is 432 g/mol. The highest BCUT2D eigenvalue weighted by Crippen LogP contribution is 2.13. The second-order valence-electron chi connectivity index (χ2n) is 6.59. The van der Waals surface area contributed by atoms with Crippen LogP contribution in [0, 0.1) is 11.3 Å². The fraction of sp³-hybridized carbons (Fsp3) is 0.261. The Morgan fingerprint density at radius 1 is 0.848 bits per heavy atom. The number of rotatable bonds is 9. The molecule has 0 aliphatic heterocycles. The Hall–Kier alpha value is -4.23. The third kappa shape index (κ3) is 9.20. The standard InChI is InChI=1S/C18H14O8.C5H10N2/c19-15(20)13(25-17(23)11-7-3-1-4-8-11)14(16(21)22)26-18(24)12-9-5-2-6-10-12;1-2-5(7)3-4-6/h1-10,13-14H,(H,19,20)(H,21,22);5H,2-3,7H2,1H3/t;5-/m.0/s1. The topological polar surface area (TPSA) is 177 Å². The summed E-state index contributed by atoms with van der Waals surface area (Å²) < 4.78 is 9.52. The molecule has 33 heavy (non-hydrogen) atoms. The Morgan fingerprint density at radius 3 is 1.45 bits per heavy atom. The Morgan fingerprint density at radius 2 is 1.21 bits per heavy atom. The molecule has 10 nitrogen and oxygen atoms in total. The van der Waals surface area contributed by atoms with Crippen LogP contribution in [0.25, 0.3) is 0 Å². The smallest absolute Gasteiger partial charge is 0.349 e. The van der Waals surface area contributed by atoms with Crippen molar-refractivity contribution in [2.45, 2.75) is 38.0 Å². The zero-order valence-electron chi connectivity index (χ0n) is 17.8. The average Bonchev–Trinajstić information content (AvgIpc) is 2.82. The predicted octanol–water partition coefficient (Wildman–Crippen LogP) is 2.24. The van der Waals surface area contributed by atoms with Crippen LogP contribution in [0.15, 0.2) is 60.7 Å². The normalized spacial score (nSPS) is 12.5. The molecule has 10 heteroatoms. The Labute approximate surface area is 190 Å². The number of esters is 2. The molecule has 2 rings (SSSR count). The number of ether oxygens (including phenoxy) is 2. The quantitative estimate of drug-likeness (QED) is 0.474. The van der Waals surface area contributed by atoms with Crippen LogP contribution in [0.2, 0.25) is 0 Å². The number of hydrogen-bond acceptors (Lipinski definition) is 8. The van der Waals surface area contributed by atoms with Crippen molar-refractivity contribution in [2.24, 2.45) is 5.73 Å². The summed E-state index contributed by atoms with van der Waals surface area (Å²) in [6.45, 7) is 1.97. The highest BCUT2D eigenvalue weighted by Gasteiger charge is 2.40. The number of carbonyl (C=O) groups excluding carboxylic acids is 2. The molecule has 0 spiro atoms. The summed E-state index contributed by atoms with van der Waals surface area (Å²) in [6.07, 6.45) is -3.05. The van der Waals surface area contributed by atoms with Crippen LogP contribution in [-0.2, 0) is 19.1 Å². The summed E-state index contributed by atoms with van der Waals surface area (Å²) in [5.74, 6) is -5.63. The fourth-order valence-electron chi connectivity index (χ4n) is 2.26. The minimum atomic E-state index is -2.21. The van der Waals surface area contributed by atoms with E-state index in [0.717, 1.165) is 6.42 Å². The van der Waals surface area contributed by atoms with Crippen LogP contribution in [0.4, 0.5) is 0 Å². The van der Waals surface area contributed by atoms with Gasteiger partial charge in [0, 0.05) is 6.04 Å². The van der Waals surface area contributed by atoms with Crippen molar-refractivity contribution >= 4 is 23.9 Å². The van der Waals surface area contributed by atoms with Gasteiger partial charge in [-0.15, -0.1) is 0 Å².